The maximum atomic E-state index is 12.4. The summed E-state index contributed by atoms with van der Waals surface area (Å²) in [5.41, 5.74) is 1.43. The molecule has 0 aliphatic carbocycles. The molecule has 5 nitrogen and oxygen atoms in total. The van der Waals surface area contributed by atoms with Crippen LogP contribution in [0, 0.1) is 0 Å². The van der Waals surface area contributed by atoms with E-state index in [1.165, 1.54) is 6.07 Å². The molecule has 0 fully saturated rings. The van der Waals surface area contributed by atoms with Gasteiger partial charge < -0.3 is 10.1 Å². The van der Waals surface area contributed by atoms with Crippen LogP contribution in [0.4, 0.5) is 8.78 Å². The summed E-state index contributed by atoms with van der Waals surface area (Å²) >= 11 is 0. The number of para-hydroxylation sites is 1. The van der Waals surface area contributed by atoms with Gasteiger partial charge in [-0.3, -0.25) is 0 Å². The fourth-order valence-corrected chi connectivity index (χ4v) is 1.83. The smallest absolute Gasteiger partial charge is 0.387 e. The third kappa shape index (κ3) is 4.78. The summed E-state index contributed by atoms with van der Waals surface area (Å²) < 4.78 is 30.8. The minimum absolute atomic E-state index is 0.157. The predicted molar refractivity (Wildman–Crippen MR) is 74.2 cm³/mol. The second-order valence-electron chi connectivity index (χ2n) is 4.93. The van der Waals surface area contributed by atoms with E-state index in [9.17, 15) is 8.78 Å². The summed E-state index contributed by atoms with van der Waals surface area (Å²) in [5.74, 6) is 0.157. The summed E-state index contributed by atoms with van der Waals surface area (Å²) in [6.45, 7) is 2.20. The number of aromatic nitrogens is 3. The normalized spacial score (nSPS) is 11.3. The van der Waals surface area contributed by atoms with Crippen LogP contribution in [0.25, 0.3) is 0 Å². The highest BCUT2D eigenvalue weighted by molar-refractivity contribution is 5.33. The van der Waals surface area contributed by atoms with Gasteiger partial charge in [-0.25, -0.2) is 4.68 Å². The Hall–Kier alpha value is -2.02. The summed E-state index contributed by atoms with van der Waals surface area (Å²) in [5, 5.41) is 11.3. The Balaban J connectivity index is 2.04. The average Bonchev–Trinajstić information content (AvgIpc) is 2.86. The molecule has 7 heteroatoms. The molecule has 0 aliphatic heterocycles. The summed E-state index contributed by atoms with van der Waals surface area (Å²) in [4.78, 5) is 0. The van der Waals surface area contributed by atoms with Gasteiger partial charge >= 0.3 is 6.61 Å². The highest BCUT2D eigenvalue weighted by Gasteiger charge is 2.10. The molecular weight excluding hydrogens is 278 g/mol. The molecule has 1 aromatic heterocycles. The van der Waals surface area contributed by atoms with E-state index in [4.69, 9.17) is 0 Å². The van der Waals surface area contributed by atoms with Gasteiger partial charge in [0.15, 0.2) is 0 Å². The molecule has 2 aromatic rings. The average molecular weight is 296 g/mol. The second-order valence-corrected chi connectivity index (χ2v) is 4.93. The molecule has 0 saturated carbocycles. The fraction of sp³-hybridized carbons (Fsp3) is 0.429. The third-order valence-electron chi connectivity index (χ3n) is 2.80. The first kappa shape index (κ1) is 15.4. The highest BCUT2D eigenvalue weighted by Crippen LogP contribution is 2.20. The van der Waals surface area contributed by atoms with E-state index in [1.807, 2.05) is 13.8 Å². The largest absolute Gasteiger partial charge is 0.434 e. The van der Waals surface area contributed by atoms with Crippen molar-refractivity contribution in [1.29, 1.82) is 0 Å². The van der Waals surface area contributed by atoms with Crippen molar-refractivity contribution in [3.63, 3.8) is 0 Å². The van der Waals surface area contributed by atoms with E-state index in [1.54, 1.807) is 29.1 Å². The Morgan fingerprint density at radius 3 is 2.76 bits per heavy atom. The van der Waals surface area contributed by atoms with Crippen LogP contribution >= 0.6 is 0 Å². The van der Waals surface area contributed by atoms with Crippen LogP contribution in [-0.4, -0.2) is 27.6 Å². The summed E-state index contributed by atoms with van der Waals surface area (Å²) in [6.07, 6.45) is 1.79. The summed E-state index contributed by atoms with van der Waals surface area (Å²) in [6, 6.07) is 7.02. The monoisotopic (exact) mass is 296 g/mol. The van der Waals surface area contributed by atoms with Crippen molar-refractivity contribution in [1.82, 2.24) is 20.3 Å². The molecule has 1 aromatic carbocycles. The first-order valence-electron chi connectivity index (χ1n) is 6.69. The number of hydrogen-bond acceptors (Lipinski definition) is 4. The van der Waals surface area contributed by atoms with Crippen LogP contribution in [0.1, 0.15) is 25.1 Å². The topological polar surface area (TPSA) is 52.0 Å². The van der Waals surface area contributed by atoms with E-state index in [2.05, 4.69) is 20.4 Å². The van der Waals surface area contributed by atoms with E-state index >= 15 is 0 Å². The Kier molecular flexibility index (Phi) is 5.21. The van der Waals surface area contributed by atoms with Crippen molar-refractivity contribution >= 4 is 0 Å². The molecule has 0 unspecified atom stereocenters. The lowest BCUT2D eigenvalue weighted by Crippen LogP contribution is -2.21. The molecule has 0 atom stereocenters. The van der Waals surface area contributed by atoms with Crippen molar-refractivity contribution in [2.24, 2.45) is 0 Å². The van der Waals surface area contributed by atoms with Gasteiger partial charge in [0.1, 0.15) is 5.75 Å². The van der Waals surface area contributed by atoms with Crippen LogP contribution < -0.4 is 10.1 Å². The Morgan fingerprint density at radius 1 is 1.29 bits per heavy atom. The lowest BCUT2D eigenvalue weighted by atomic mass is 10.2. The van der Waals surface area contributed by atoms with Crippen molar-refractivity contribution < 1.29 is 13.5 Å². The van der Waals surface area contributed by atoms with Crippen LogP contribution in [0.2, 0.25) is 0 Å². The Morgan fingerprint density at radius 2 is 2.05 bits per heavy atom. The molecule has 2 rings (SSSR count). The number of nitrogens with zero attached hydrogens (tertiary/aromatic N) is 3. The fourth-order valence-electron chi connectivity index (χ4n) is 1.83. The minimum Gasteiger partial charge on any atom is -0.434 e. The van der Waals surface area contributed by atoms with Crippen molar-refractivity contribution in [2.75, 3.05) is 0 Å². The van der Waals surface area contributed by atoms with E-state index in [0.29, 0.717) is 24.7 Å². The number of rotatable bonds is 7. The lowest BCUT2D eigenvalue weighted by Gasteiger charge is -2.10. The van der Waals surface area contributed by atoms with Gasteiger partial charge in [-0.15, -0.1) is 5.10 Å². The van der Waals surface area contributed by atoms with Gasteiger partial charge in [0.25, 0.3) is 0 Å². The van der Waals surface area contributed by atoms with Gasteiger partial charge in [0.2, 0.25) is 0 Å². The molecule has 0 aliphatic rings. The number of hydrogen-bond donors (Lipinski definition) is 1. The van der Waals surface area contributed by atoms with Crippen LogP contribution in [0.3, 0.4) is 0 Å². The molecule has 0 radical (unpaired) electrons. The Labute approximate surface area is 121 Å². The zero-order valence-corrected chi connectivity index (χ0v) is 12.0. The molecule has 1 heterocycles. The number of nitrogens with one attached hydrogen (secondary N) is 1. The van der Waals surface area contributed by atoms with Gasteiger partial charge in [-0.05, 0) is 6.07 Å². The number of benzene rings is 1. The van der Waals surface area contributed by atoms with Crippen molar-refractivity contribution in [2.45, 2.75) is 39.6 Å². The van der Waals surface area contributed by atoms with E-state index in [0.717, 1.165) is 5.69 Å². The van der Waals surface area contributed by atoms with Gasteiger partial charge in [0.05, 0.1) is 18.4 Å². The molecule has 21 heavy (non-hydrogen) atoms. The van der Waals surface area contributed by atoms with Gasteiger partial charge in [-0.2, -0.15) is 8.78 Å². The van der Waals surface area contributed by atoms with E-state index < -0.39 is 6.61 Å². The first-order valence-corrected chi connectivity index (χ1v) is 6.69. The summed E-state index contributed by atoms with van der Waals surface area (Å²) in [7, 11) is 0. The molecule has 0 saturated heterocycles. The quantitative estimate of drug-likeness (QED) is 0.852. The zero-order valence-electron chi connectivity index (χ0n) is 12.0. The molecule has 0 bridgehead atoms. The third-order valence-corrected chi connectivity index (χ3v) is 2.80. The Bertz CT molecular complexity index is 572. The molecule has 0 spiro atoms. The number of alkyl halides is 2. The molecular formula is C14H18F2N4O. The van der Waals surface area contributed by atoms with Gasteiger partial charge in [-0.1, -0.05) is 37.3 Å². The number of halogens is 2. The van der Waals surface area contributed by atoms with Gasteiger partial charge in [0, 0.05) is 18.2 Å². The minimum atomic E-state index is -2.84. The SMILES string of the molecule is CC(C)NCc1cn(Cc2ccccc2OC(F)F)nn1. The number of ether oxygens (including phenoxy) is 1. The van der Waals surface area contributed by atoms with E-state index in [-0.39, 0.29) is 5.75 Å². The lowest BCUT2D eigenvalue weighted by molar-refractivity contribution is -0.0505. The zero-order chi connectivity index (χ0) is 15.2. The standard InChI is InChI=1S/C14H18F2N4O/c1-10(2)17-7-12-9-20(19-18-12)8-11-5-3-4-6-13(11)21-14(15)16/h3-6,9-10,14,17H,7-8H2,1-2H3. The van der Waals surface area contributed by atoms with Crippen LogP contribution in [0.15, 0.2) is 30.5 Å². The van der Waals surface area contributed by atoms with Crippen molar-refractivity contribution in [3.8, 4) is 5.75 Å². The van der Waals surface area contributed by atoms with Crippen molar-refractivity contribution in [3.05, 3.63) is 41.7 Å². The molecule has 1 N–H and O–H groups in total. The van der Waals surface area contributed by atoms with Crippen LogP contribution in [-0.2, 0) is 13.1 Å². The second kappa shape index (κ2) is 7.12. The maximum absolute atomic E-state index is 12.4. The van der Waals surface area contributed by atoms with Crippen LogP contribution in [0.5, 0.6) is 5.75 Å². The maximum Gasteiger partial charge on any atom is 0.387 e. The molecule has 114 valence electrons. The molecule has 0 amide bonds. The first-order chi connectivity index (χ1) is 10.0. The predicted octanol–water partition coefficient (Wildman–Crippen LogP) is 2.43. The highest BCUT2D eigenvalue weighted by atomic mass is 19.3.